The van der Waals surface area contributed by atoms with Crippen molar-refractivity contribution in [2.45, 2.75) is 45.2 Å². The summed E-state index contributed by atoms with van der Waals surface area (Å²) in [4.78, 5) is 14.3. The third-order valence-corrected chi connectivity index (χ3v) is 3.70. The Morgan fingerprint density at radius 1 is 1.53 bits per heavy atom. The van der Waals surface area contributed by atoms with Crippen molar-refractivity contribution in [3.8, 4) is 0 Å². The molecule has 1 aliphatic heterocycles. The smallest absolute Gasteiger partial charge is 0.289 e. The minimum Gasteiger partial charge on any atom is -0.440 e. The number of hydrogen-bond donors (Lipinski definition) is 1. The second-order valence-electron chi connectivity index (χ2n) is 5.30. The molecule has 19 heavy (non-hydrogen) atoms. The summed E-state index contributed by atoms with van der Waals surface area (Å²) in [6, 6.07) is 3.76. The van der Waals surface area contributed by atoms with Crippen LogP contribution < -0.4 is 5.32 Å². The van der Waals surface area contributed by atoms with Gasteiger partial charge < -0.3 is 14.6 Å². The molecule has 1 atom stereocenters. The zero-order valence-corrected chi connectivity index (χ0v) is 12.2. The van der Waals surface area contributed by atoms with Crippen LogP contribution in [0.4, 0.5) is 0 Å². The summed E-state index contributed by atoms with van der Waals surface area (Å²) in [6.07, 6.45) is 3.57. The lowest BCUT2D eigenvalue weighted by molar-refractivity contribution is 0.0644. The summed E-state index contributed by atoms with van der Waals surface area (Å²) in [5, 5.41) is 3.72. The van der Waals surface area contributed by atoms with Crippen molar-refractivity contribution in [1.82, 2.24) is 10.2 Å². The minimum atomic E-state index is -0.0886. The Morgan fingerprint density at radius 3 is 2.84 bits per heavy atom. The number of furan rings is 1. The van der Waals surface area contributed by atoms with Gasteiger partial charge in [0.1, 0.15) is 0 Å². The Kier molecular flexibility index (Phi) is 4.88. The number of hydrogen-bond acceptors (Lipinski definition) is 3. The molecule has 1 saturated heterocycles. The van der Waals surface area contributed by atoms with Crippen LogP contribution in [0.1, 0.15) is 43.7 Å². The van der Waals surface area contributed by atoms with Crippen LogP contribution in [0.15, 0.2) is 16.5 Å². The van der Waals surface area contributed by atoms with Gasteiger partial charge in [0.15, 0.2) is 11.0 Å². The molecule has 106 valence electrons. The minimum absolute atomic E-state index is 0.0886. The number of carbonyl (C=O) groups is 1. The van der Waals surface area contributed by atoms with Crippen LogP contribution in [0.3, 0.4) is 0 Å². The van der Waals surface area contributed by atoms with Crippen molar-refractivity contribution in [3.05, 3.63) is 23.1 Å². The summed E-state index contributed by atoms with van der Waals surface area (Å²) in [6.45, 7) is 5.79. The fourth-order valence-electron chi connectivity index (χ4n) is 2.42. The highest BCUT2D eigenvalue weighted by Gasteiger charge is 2.25. The van der Waals surface area contributed by atoms with Gasteiger partial charge in [0.25, 0.3) is 5.91 Å². The molecule has 1 N–H and O–H groups in total. The molecule has 1 fully saturated rings. The monoisotopic (exact) mass is 284 g/mol. The summed E-state index contributed by atoms with van der Waals surface area (Å²) in [7, 11) is 0. The molecule has 1 amide bonds. The second-order valence-corrected chi connectivity index (χ2v) is 5.67. The molecule has 0 radical (unpaired) electrons. The molecule has 5 heteroatoms. The molecule has 0 aromatic carbocycles. The number of halogens is 1. The van der Waals surface area contributed by atoms with E-state index in [0.29, 0.717) is 11.8 Å². The number of nitrogens with zero attached hydrogens (tertiary/aromatic N) is 1. The largest absolute Gasteiger partial charge is 0.440 e. The molecule has 4 nitrogen and oxygen atoms in total. The first-order valence-electron chi connectivity index (χ1n) is 6.87. The predicted octanol–water partition coefficient (Wildman–Crippen LogP) is 2.93. The topological polar surface area (TPSA) is 45.5 Å². The lowest BCUT2D eigenvalue weighted by Gasteiger charge is -2.32. The normalized spacial score (nSPS) is 19.7. The number of amides is 1. The van der Waals surface area contributed by atoms with E-state index < -0.39 is 0 Å². The van der Waals surface area contributed by atoms with Gasteiger partial charge in [-0.05, 0) is 57.0 Å². The maximum absolute atomic E-state index is 12.4. The molecule has 2 rings (SSSR count). The third kappa shape index (κ3) is 3.74. The third-order valence-electron chi connectivity index (χ3n) is 3.50. The Balaban J connectivity index is 2.04. The maximum atomic E-state index is 12.4. The van der Waals surface area contributed by atoms with E-state index in [1.54, 1.807) is 12.1 Å². The average molecular weight is 285 g/mol. The first kappa shape index (κ1) is 14.4. The van der Waals surface area contributed by atoms with E-state index in [4.69, 9.17) is 16.0 Å². The number of carbonyl (C=O) groups excluding carboxylic acids is 1. The van der Waals surface area contributed by atoms with Crippen LogP contribution >= 0.6 is 11.6 Å². The van der Waals surface area contributed by atoms with Gasteiger partial charge in [0, 0.05) is 18.6 Å². The molecule has 1 aliphatic rings. The Bertz CT molecular complexity index is 425. The van der Waals surface area contributed by atoms with Crippen LogP contribution in [0.5, 0.6) is 0 Å². The van der Waals surface area contributed by atoms with Gasteiger partial charge in [-0.25, -0.2) is 0 Å². The standard InChI is InChI=1S/C14H21ClN2O2/c1-10(2)17(9-11-5-3-4-8-16-11)14(18)12-6-7-13(15)19-12/h6-7,10-11,16H,3-5,8-9H2,1-2H3. The second kappa shape index (κ2) is 6.44. The van der Waals surface area contributed by atoms with Crippen molar-refractivity contribution in [1.29, 1.82) is 0 Å². The lowest BCUT2D eigenvalue weighted by atomic mass is 10.0. The first-order chi connectivity index (χ1) is 9.08. The van der Waals surface area contributed by atoms with Gasteiger partial charge in [0.2, 0.25) is 0 Å². The molecule has 0 bridgehead atoms. The predicted molar refractivity (Wildman–Crippen MR) is 75.5 cm³/mol. The average Bonchev–Trinajstić information content (AvgIpc) is 2.83. The van der Waals surface area contributed by atoms with Crippen molar-refractivity contribution >= 4 is 17.5 Å². The van der Waals surface area contributed by atoms with E-state index in [1.165, 1.54) is 12.8 Å². The lowest BCUT2D eigenvalue weighted by Crippen LogP contribution is -2.48. The quantitative estimate of drug-likeness (QED) is 0.925. The van der Waals surface area contributed by atoms with Gasteiger partial charge in [-0.1, -0.05) is 6.42 Å². The van der Waals surface area contributed by atoms with Crippen LogP contribution in [0, 0.1) is 0 Å². The van der Waals surface area contributed by atoms with Crippen molar-refractivity contribution in [2.75, 3.05) is 13.1 Å². The number of rotatable bonds is 4. The maximum Gasteiger partial charge on any atom is 0.289 e. The molecule has 0 aliphatic carbocycles. The highest BCUT2D eigenvalue weighted by molar-refractivity contribution is 6.29. The van der Waals surface area contributed by atoms with Gasteiger partial charge in [-0.15, -0.1) is 0 Å². The van der Waals surface area contributed by atoms with Crippen molar-refractivity contribution in [3.63, 3.8) is 0 Å². The highest BCUT2D eigenvalue weighted by atomic mass is 35.5. The molecule has 0 spiro atoms. The Labute approximate surface area is 119 Å². The van der Waals surface area contributed by atoms with E-state index in [0.717, 1.165) is 19.5 Å². The molecule has 1 aromatic heterocycles. The summed E-state index contributed by atoms with van der Waals surface area (Å²) < 4.78 is 5.22. The summed E-state index contributed by atoms with van der Waals surface area (Å²) >= 11 is 5.73. The SMILES string of the molecule is CC(C)N(CC1CCCCN1)C(=O)c1ccc(Cl)o1. The number of piperidine rings is 1. The summed E-state index contributed by atoms with van der Waals surface area (Å²) in [5.74, 6) is 0.226. The molecule has 0 saturated carbocycles. The Hall–Kier alpha value is -1.00. The highest BCUT2D eigenvalue weighted by Crippen LogP contribution is 2.18. The van der Waals surface area contributed by atoms with Crippen LogP contribution in [-0.4, -0.2) is 36.0 Å². The molecular formula is C14H21ClN2O2. The summed E-state index contributed by atoms with van der Waals surface area (Å²) in [5.41, 5.74) is 0. The van der Waals surface area contributed by atoms with E-state index in [2.05, 4.69) is 5.32 Å². The van der Waals surface area contributed by atoms with E-state index in [9.17, 15) is 4.79 Å². The molecular weight excluding hydrogens is 264 g/mol. The van der Waals surface area contributed by atoms with Gasteiger partial charge in [-0.2, -0.15) is 0 Å². The van der Waals surface area contributed by atoms with Gasteiger partial charge in [-0.3, -0.25) is 4.79 Å². The molecule has 1 aromatic rings. The zero-order chi connectivity index (χ0) is 13.8. The van der Waals surface area contributed by atoms with Gasteiger partial charge >= 0.3 is 0 Å². The number of nitrogens with one attached hydrogen (secondary N) is 1. The van der Waals surface area contributed by atoms with Crippen LogP contribution in [0.2, 0.25) is 5.22 Å². The Morgan fingerprint density at radius 2 is 2.32 bits per heavy atom. The van der Waals surface area contributed by atoms with Crippen LogP contribution in [0.25, 0.3) is 0 Å². The van der Waals surface area contributed by atoms with Crippen LogP contribution in [-0.2, 0) is 0 Å². The van der Waals surface area contributed by atoms with Crippen molar-refractivity contribution < 1.29 is 9.21 Å². The van der Waals surface area contributed by atoms with E-state index >= 15 is 0 Å². The first-order valence-corrected chi connectivity index (χ1v) is 7.25. The van der Waals surface area contributed by atoms with Crippen molar-refractivity contribution in [2.24, 2.45) is 0 Å². The van der Waals surface area contributed by atoms with Gasteiger partial charge in [0.05, 0.1) is 0 Å². The molecule has 1 unspecified atom stereocenters. The van der Waals surface area contributed by atoms with E-state index in [-0.39, 0.29) is 17.2 Å². The zero-order valence-electron chi connectivity index (χ0n) is 11.5. The fraction of sp³-hybridized carbons (Fsp3) is 0.643. The fourth-order valence-corrected chi connectivity index (χ4v) is 2.56. The molecule has 2 heterocycles. The van der Waals surface area contributed by atoms with E-state index in [1.807, 2.05) is 18.7 Å².